The Bertz CT molecular complexity index is 141. The van der Waals surface area contributed by atoms with Crippen LogP contribution in [0.15, 0.2) is 11.6 Å². The molecular weight excluding hydrogens is 188 g/mol. The number of aliphatic hydroxyl groups is 2. The van der Waals surface area contributed by atoms with Crippen LogP contribution in [0.3, 0.4) is 0 Å². The molecule has 1 unspecified atom stereocenters. The van der Waals surface area contributed by atoms with Gasteiger partial charge in [-0.1, -0.05) is 39.2 Å². The molecule has 0 fully saturated rings. The van der Waals surface area contributed by atoms with Crippen LogP contribution in [-0.4, -0.2) is 22.9 Å². The number of hydrogen-bond donors (Lipinski definition) is 2. The van der Waals surface area contributed by atoms with Crippen molar-refractivity contribution in [1.29, 1.82) is 0 Å². The van der Waals surface area contributed by atoms with Crippen molar-refractivity contribution < 1.29 is 10.2 Å². The summed E-state index contributed by atoms with van der Waals surface area (Å²) in [5.74, 6) is 0. The third-order valence-electron chi connectivity index (χ3n) is 2.13. The minimum atomic E-state index is -0.198. The summed E-state index contributed by atoms with van der Waals surface area (Å²) >= 11 is 0. The van der Waals surface area contributed by atoms with Crippen LogP contribution >= 0.6 is 0 Å². The Labute approximate surface area is 95.0 Å². The molecule has 0 amide bonds. The van der Waals surface area contributed by atoms with E-state index in [1.807, 2.05) is 6.92 Å². The lowest BCUT2D eigenvalue weighted by molar-refractivity contribution is 0.196. The van der Waals surface area contributed by atoms with Crippen molar-refractivity contribution >= 4 is 0 Å². The fourth-order valence-electron chi connectivity index (χ4n) is 1.27. The summed E-state index contributed by atoms with van der Waals surface area (Å²) < 4.78 is 0. The van der Waals surface area contributed by atoms with E-state index in [0.717, 1.165) is 24.8 Å². The highest BCUT2D eigenvalue weighted by atomic mass is 16.3. The Morgan fingerprint density at radius 2 is 1.73 bits per heavy atom. The third-order valence-corrected chi connectivity index (χ3v) is 2.13. The fourth-order valence-corrected chi connectivity index (χ4v) is 1.27. The molecule has 0 aromatic carbocycles. The predicted molar refractivity (Wildman–Crippen MR) is 67.0 cm³/mol. The summed E-state index contributed by atoms with van der Waals surface area (Å²) in [6.45, 7) is 8.23. The van der Waals surface area contributed by atoms with E-state index in [4.69, 9.17) is 5.11 Å². The number of rotatable bonds is 6. The molecule has 0 rings (SSSR count). The van der Waals surface area contributed by atoms with Crippen LogP contribution in [0.1, 0.15) is 59.8 Å². The number of hydrogen-bond acceptors (Lipinski definition) is 2. The summed E-state index contributed by atoms with van der Waals surface area (Å²) in [6.07, 6.45) is 7.46. The lowest BCUT2D eigenvalue weighted by atomic mass is 10.0. The molecule has 0 aliphatic carbocycles. The van der Waals surface area contributed by atoms with Gasteiger partial charge < -0.3 is 10.2 Å². The van der Waals surface area contributed by atoms with Crippen molar-refractivity contribution in [1.82, 2.24) is 0 Å². The van der Waals surface area contributed by atoms with Gasteiger partial charge >= 0.3 is 0 Å². The van der Waals surface area contributed by atoms with E-state index in [9.17, 15) is 5.11 Å². The molecule has 1 atom stereocenters. The molecule has 2 N–H and O–H groups in total. The fraction of sp³-hybridized carbons (Fsp3) is 0.846. The molecule has 2 heteroatoms. The van der Waals surface area contributed by atoms with Crippen molar-refractivity contribution in [3.05, 3.63) is 11.6 Å². The van der Waals surface area contributed by atoms with Gasteiger partial charge in [-0.25, -0.2) is 0 Å². The van der Waals surface area contributed by atoms with Crippen LogP contribution in [0.4, 0.5) is 0 Å². The Kier molecular flexibility index (Phi) is 15.5. The molecule has 0 radical (unpaired) electrons. The number of allylic oxidation sites excluding steroid dienone is 1. The summed E-state index contributed by atoms with van der Waals surface area (Å²) in [5, 5.41) is 17.2. The van der Waals surface area contributed by atoms with Gasteiger partial charge in [0, 0.05) is 6.61 Å². The normalized spacial score (nSPS) is 13.1. The van der Waals surface area contributed by atoms with E-state index in [1.165, 1.54) is 12.8 Å². The van der Waals surface area contributed by atoms with E-state index in [1.54, 1.807) is 6.92 Å². The number of aliphatic hydroxyl groups excluding tert-OH is 2. The smallest absolute Gasteiger partial charge is 0.0747 e. The van der Waals surface area contributed by atoms with Crippen LogP contribution in [0, 0.1) is 0 Å². The molecule has 0 spiro atoms. The van der Waals surface area contributed by atoms with Gasteiger partial charge in [-0.3, -0.25) is 0 Å². The first kappa shape index (κ1) is 17.1. The van der Waals surface area contributed by atoms with Crippen molar-refractivity contribution in [2.45, 2.75) is 65.9 Å². The average Bonchev–Trinajstić information content (AvgIpc) is 2.19. The van der Waals surface area contributed by atoms with Gasteiger partial charge in [-0.2, -0.15) is 0 Å². The summed E-state index contributed by atoms with van der Waals surface area (Å²) in [6, 6.07) is 0. The molecule has 0 saturated carbocycles. The van der Waals surface area contributed by atoms with Crippen LogP contribution < -0.4 is 0 Å². The molecule has 0 aromatic heterocycles. The largest absolute Gasteiger partial charge is 0.397 e. The summed E-state index contributed by atoms with van der Waals surface area (Å²) in [7, 11) is 0. The molecular formula is C13H28O2. The van der Waals surface area contributed by atoms with Gasteiger partial charge in [0.15, 0.2) is 0 Å². The molecule has 0 saturated heterocycles. The van der Waals surface area contributed by atoms with Crippen LogP contribution in [0.2, 0.25) is 0 Å². The first-order chi connectivity index (χ1) is 7.13. The summed E-state index contributed by atoms with van der Waals surface area (Å²) in [5.41, 5.74) is 1.13. The van der Waals surface area contributed by atoms with E-state index >= 15 is 0 Å². The van der Waals surface area contributed by atoms with Gasteiger partial charge in [0.25, 0.3) is 0 Å². The van der Waals surface area contributed by atoms with Crippen molar-refractivity contribution in [3.8, 4) is 0 Å². The van der Waals surface area contributed by atoms with Gasteiger partial charge in [0.2, 0.25) is 0 Å². The average molecular weight is 216 g/mol. The topological polar surface area (TPSA) is 40.5 Å². The molecule has 0 aromatic rings. The lowest BCUT2D eigenvalue weighted by Gasteiger charge is -2.10. The number of unbranched alkanes of at least 4 members (excludes halogenated alkanes) is 2. The second-order valence-corrected chi connectivity index (χ2v) is 3.68. The first-order valence-corrected chi connectivity index (χ1v) is 6.09. The highest BCUT2D eigenvalue weighted by Gasteiger charge is 2.04. The van der Waals surface area contributed by atoms with Crippen molar-refractivity contribution in [2.24, 2.45) is 0 Å². The maximum Gasteiger partial charge on any atom is 0.0747 e. The molecule has 0 bridgehead atoms. The Balaban J connectivity index is 0. The SMILES string of the molecule is CC/C=C(\C)C(O)CCCCC.CCO. The van der Waals surface area contributed by atoms with Crippen molar-refractivity contribution in [3.63, 3.8) is 0 Å². The third kappa shape index (κ3) is 13.7. The molecule has 0 aliphatic rings. The highest BCUT2D eigenvalue weighted by Crippen LogP contribution is 2.11. The quantitative estimate of drug-likeness (QED) is 0.528. The maximum absolute atomic E-state index is 9.61. The zero-order valence-electron chi connectivity index (χ0n) is 10.8. The molecule has 0 heterocycles. The molecule has 15 heavy (non-hydrogen) atoms. The van der Waals surface area contributed by atoms with Gasteiger partial charge in [0.05, 0.1) is 6.10 Å². The lowest BCUT2D eigenvalue weighted by Crippen LogP contribution is -2.07. The zero-order chi connectivity index (χ0) is 12.1. The minimum absolute atomic E-state index is 0.198. The zero-order valence-corrected chi connectivity index (χ0v) is 10.8. The van der Waals surface area contributed by atoms with Gasteiger partial charge in [-0.15, -0.1) is 0 Å². The van der Waals surface area contributed by atoms with E-state index in [0.29, 0.717) is 0 Å². The molecule has 2 nitrogen and oxygen atoms in total. The monoisotopic (exact) mass is 216 g/mol. The highest BCUT2D eigenvalue weighted by molar-refractivity contribution is 5.03. The standard InChI is InChI=1S/C11H22O.C2H6O/c1-4-6-7-9-11(12)10(3)8-5-2;1-2-3/h8,11-12H,4-7,9H2,1-3H3;3H,2H2,1H3/b10-8+;. The van der Waals surface area contributed by atoms with E-state index < -0.39 is 0 Å². The Hall–Kier alpha value is -0.340. The van der Waals surface area contributed by atoms with Gasteiger partial charge in [0.1, 0.15) is 0 Å². The Morgan fingerprint density at radius 3 is 2.13 bits per heavy atom. The molecule has 92 valence electrons. The van der Waals surface area contributed by atoms with Crippen LogP contribution in [0.25, 0.3) is 0 Å². The second-order valence-electron chi connectivity index (χ2n) is 3.68. The van der Waals surface area contributed by atoms with Gasteiger partial charge in [-0.05, 0) is 32.3 Å². The minimum Gasteiger partial charge on any atom is -0.397 e. The predicted octanol–water partition coefficient (Wildman–Crippen LogP) is 3.28. The summed E-state index contributed by atoms with van der Waals surface area (Å²) in [4.78, 5) is 0. The van der Waals surface area contributed by atoms with Crippen LogP contribution in [-0.2, 0) is 0 Å². The molecule has 0 aliphatic heterocycles. The maximum atomic E-state index is 9.61. The second kappa shape index (κ2) is 13.7. The van der Waals surface area contributed by atoms with E-state index in [-0.39, 0.29) is 12.7 Å². The first-order valence-electron chi connectivity index (χ1n) is 6.09. The van der Waals surface area contributed by atoms with E-state index in [2.05, 4.69) is 19.9 Å². The Morgan fingerprint density at radius 1 is 1.20 bits per heavy atom. The van der Waals surface area contributed by atoms with Crippen molar-refractivity contribution in [2.75, 3.05) is 6.61 Å². The van der Waals surface area contributed by atoms with Crippen LogP contribution in [0.5, 0.6) is 0 Å².